The third-order valence-electron chi connectivity index (χ3n) is 3.23. The van der Waals surface area contributed by atoms with E-state index >= 15 is 0 Å². The summed E-state index contributed by atoms with van der Waals surface area (Å²) in [4.78, 5) is 0. The summed E-state index contributed by atoms with van der Waals surface area (Å²) >= 11 is 0. The zero-order chi connectivity index (χ0) is 13.5. The van der Waals surface area contributed by atoms with E-state index in [4.69, 9.17) is 0 Å². The Kier molecular flexibility index (Phi) is 5.19. The molecule has 3 nitrogen and oxygen atoms in total. The third kappa shape index (κ3) is 3.94. The second kappa shape index (κ2) is 7.12. The Morgan fingerprint density at radius 1 is 1.21 bits per heavy atom. The highest BCUT2D eigenvalue weighted by Crippen LogP contribution is 2.13. The molecule has 0 aliphatic rings. The second-order valence-electron chi connectivity index (χ2n) is 4.78. The van der Waals surface area contributed by atoms with Crippen molar-refractivity contribution in [1.29, 1.82) is 0 Å². The van der Waals surface area contributed by atoms with Gasteiger partial charge in [0.1, 0.15) is 0 Å². The Bertz CT molecular complexity index is 479. The summed E-state index contributed by atoms with van der Waals surface area (Å²) in [6.07, 6.45) is 5.41. The van der Waals surface area contributed by atoms with E-state index in [-0.39, 0.29) is 12.6 Å². The second-order valence-corrected chi connectivity index (χ2v) is 4.78. The van der Waals surface area contributed by atoms with Crippen LogP contribution in [0, 0.1) is 0 Å². The van der Waals surface area contributed by atoms with Gasteiger partial charge >= 0.3 is 0 Å². The lowest BCUT2D eigenvalue weighted by atomic mass is 10.1. The van der Waals surface area contributed by atoms with Crippen LogP contribution < -0.4 is 5.32 Å². The minimum atomic E-state index is -0.00396. The molecular formula is C16H22N2O. The molecule has 1 aromatic heterocycles. The molecule has 1 atom stereocenters. The molecule has 0 aliphatic heterocycles. The summed E-state index contributed by atoms with van der Waals surface area (Å²) in [5.74, 6) is 0. The van der Waals surface area contributed by atoms with Crippen molar-refractivity contribution >= 4 is 0 Å². The molecule has 2 N–H and O–H groups in total. The lowest BCUT2D eigenvalue weighted by Crippen LogP contribution is -2.23. The van der Waals surface area contributed by atoms with E-state index in [0.717, 1.165) is 25.1 Å². The van der Waals surface area contributed by atoms with Gasteiger partial charge in [-0.1, -0.05) is 37.3 Å². The summed E-state index contributed by atoms with van der Waals surface area (Å²) < 4.78 is 2.20. The summed E-state index contributed by atoms with van der Waals surface area (Å²) in [6.45, 7) is 4.12. The number of nitrogens with zero attached hydrogens (tertiary/aromatic N) is 1. The number of aromatic nitrogens is 1. The van der Waals surface area contributed by atoms with Crippen LogP contribution in [0.1, 0.15) is 30.5 Å². The van der Waals surface area contributed by atoms with Crippen molar-refractivity contribution < 1.29 is 5.11 Å². The van der Waals surface area contributed by atoms with Gasteiger partial charge in [-0.05, 0) is 23.6 Å². The van der Waals surface area contributed by atoms with Gasteiger partial charge in [0.25, 0.3) is 0 Å². The first-order chi connectivity index (χ1) is 9.33. The van der Waals surface area contributed by atoms with Gasteiger partial charge in [-0.25, -0.2) is 0 Å². The number of benzene rings is 1. The summed E-state index contributed by atoms with van der Waals surface area (Å²) in [5.41, 5.74) is 2.38. The van der Waals surface area contributed by atoms with Crippen molar-refractivity contribution in [3.05, 3.63) is 59.9 Å². The van der Waals surface area contributed by atoms with Crippen molar-refractivity contribution in [3.8, 4) is 0 Å². The highest BCUT2D eigenvalue weighted by atomic mass is 16.3. The monoisotopic (exact) mass is 258 g/mol. The molecule has 3 heteroatoms. The first-order valence-corrected chi connectivity index (χ1v) is 6.87. The van der Waals surface area contributed by atoms with Crippen LogP contribution in [-0.2, 0) is 13.1 Å². The van der Waals surface area contributed by atoms with Crippen molar-refractivity contribution in [2.24, 2.45) is 0 Å². The fourth-order valence-electron chi connectivity index (χ4n) is 2.21. The van der Waals surface area contributed by atoms with E-state index in [1.54, 1.807) is 0 Å². The van der Waals surface area contributed by atoms with Crippen LogP contribution in [0.4, 0.5) is 0 Å². The quantitative estimate of drug-likeness (QED) is 0.801. The Morgan fingerprint density at radius 3 is 2.68 bits per heavy atom. The number of hydrogen-bond donors (Lipinski definition) is 2. The minimum absolute atomic E-state index is 0.00396. The lowest BCUT2D eigenvalue weighted by molar-refractivity contribution is 0.243. The average Bonchev–Trinajstić information content (AvgIpc) is 2.89. The molecule has 1 aromatic carbocycles. The molecule has 19 heavy (non-hydrogen) atoms. The maximum atomic E-state index is 9.48. The highest BCUT2D eigenvalue weighted by Gasteiger charge is 2.09. The lowest BCUT2D eigenvalue weighted by Gasteiger charge is -2.16. The maximum Gasteiger partial charge on any atom is 0.0626 e. The Labute approximate surface area is 114 Å². The van der Waals surface area contributed by atoms with Gasteiger partial charge in [0.15, 0.2) is 0 Å². The number of hydrogen-bond acceptors (Lipinski definition) is 2. The summed E-state index contributed by atoms with van der Waals surface area (Å²) in [5, 5.41) is 12.9. The molecule has 0 fully saturated rings. The SMILES string of the molecule is CCCn1ccc(CN[C@H](CO)c2ccccc2)c1. The van der Waals surface area contributed by atoms with Crippen LogP contribution in [0.15, 0.2) is 48.8 Å². The van der Waals surface area contributed by atoms with E-state index in [0.29, 0.717) is 0 Å². The topological polar surface area (TPSA) is 37.2 Å². The summed E-state index contributed by atoms with van der Waals surface area (Å²) in [6, 6.07) is 12.2. The van der Waals surface area contributed by atoms with Crippen LogP contribution in [0.2, 0.25) is 0 Å². The number of rotatable bonds is 7. The fraction of sp³-hybridized carbons (Fsp3) is 0.375. The van der Waals surface area contributed by atoms with Gasteiger partial charge in [0.2, 0.25) is 0 Å². The molecule has 0 spiro atoms. The number of aliphatic hydroxyl groups is 1. The Morgan fingerprint density at radius 2 is 2.00 bits per heavy atom. The molecular weight excluding hydrogens is 236 g/mol. The molecule has 0 saturated heterocycles. The third-order valence-corrected chi connectivity index (χ3v) is 3.23. The van der Waals surface area contributed by atoms with Gasteiger partial charge in [-0.3, -0.25) is 0 Å². The predicted octanol–water partition coefficient (Wildman–Crippen LogP) is 2.72. The van der Waals surface area contributed by atoms with Crippen LogP contribution in [0.3, 0.4) is 0 Å². The predicted molar refractivity (Wildman–Crippen MR) is 77.8 cm³/mol. The van der Waals surface area contributed by atoms with Crippen LogP contribution in [0.5, 0.6) is 0 Å². The molecule has 0 amide bonds. The van der Waals surface area contributed by atoms with Crippen molar-refractivity contribution in [2.45, 2.75) is 32.5 Å². The van der Waals surface area contributed by atoms with E-state index in [9.17, 15) is 5.11 Å². The maximum absolute atomic E-state index is 9.48. The van der Waals surface area contributed by atoms with Crippen LogP contribution in [0.25, 0.3) is 0 Å². The van der Waals surface area contributed by atoms with Crippen molar-refractivity contribution in [3.63, 3.8) is 0 Å². The van der Waals surface area contributed by atoms with E-state index in [1.807, 2.05) is 30.3 Å². The molecule has 0 bridgehead atoms. The highest BCUT2D eigenvalue weighted by molar-refractivity contribution is 5.19. The zero-order valence-electron chi connectivity index (χ0n) is 11.4. The standard InChI is InChI=1S/C16H22N2O/c1-2-9-18-10-8-14(12-18)11-17-16(13-19)15-6-4-3-5-7-15/h3-8,10,12,16-17,19H,2,9,11,13H2,1H3/t16-/m1/s1. The fourth-order valence-corrected chi connectivity index (χ4v) is 2.21. The van der Waals surface area contributed by atoms with Gasteiger partial charge in [-0.2, -0.15) is 0 Å². The van der Waals surface area contributed by atoms with Crippen LogP contribution >= 0.6 is 0 Å². The van der Waals surface area contributed by atoms with Gasteiger partial charge in [0.05, 0.1) is 12.6 Å². The smallest absolute Gasteiger partial charge is 0.0626 e. The van der Waals surface area contributed by atoms with Crippen molar-refractivity contribution in [1.82, 2.24) is 9.88 Å². The van der Waals surface area contributed by atoms with E-state index < -0.39 is 0 Å². The van der Waals surface area contributed by atoms with Crippen molar-refractivity contribution in [2.75, 3.05) is 6.61 Å². The first-order valence-electron chi connectivity index (χ1n) is 6.87. The van der Waals surface area contributed by atoms with Gasteiger partial charge in [-0.15, -0.1) is 0 Å². The number of nitrogens with one attached hydrogen (secondary N) is 1. The molecule has 102 valence electrons. The largest absolute Gasteiger partial charge is 0.394 e. The van der Waals surface area contributed by atoms with E-state index in [2.05, 4.69) is 35.3 Å². The molecule has 0 aliphatic carbocycles. The average molecular weight is 258 g/mol. The Balaban J connectivity index is 1.92. The molecule has 2 rings (SSSR count). The molecule has 0 unspecified atom stereocenters. The molecule has 0 saturated carbocycles. The number of aliphatic hydroxyl groups excluding tert-OH is 1. The van der Waals surface area contributed by atoms with Crippen LogP contribution in [-0.4, -0.2) is 16.3 Å². The Hall–Kier alpha value is -1.58. The first kappa shape index (κ1) is 13.8. The van der Waals surface area contributed by atoms with Gasteiger partial charge < -0.3 is 15.0 Å². The molecule has 1 heterocycles. The number of aryl methyl sites for hydroxylation is 1. The zero-order valence-corrected chi connectivity index (χ0v) is 11.4. The molecule has 0 radical (unpaired) electrons. The van der Waals surface area contributed by atoms with Gasteiger partial charge in [0, 0.05) is 25.5 Å². The molecule has 2 aromatic rings. The minimum Gasteiger partial charge on any atom is -0.394 e. The normalized spacial score (nSPS) is 12.5. The summed E-state index contributed by atoms with van der Waals surface area (Å²) in [7, 11) is 0. The van der Waals surface area contributed by atoms with E-state index in [1.165, 1.54) is 5.56 Å².